The largest absolute Gasteiger partial charge is 0.508 e. The molecule has 0 radical (unpaired) electrons. The maximum Gasteiger partial charge on any atom is 0.330 e. The van der Waals surface area contributed by atoms with Gasteiger partial charge in [-0.25, -0.2) is 4.79 Å². The molecule has 0 unspecified atom stereocenters. The van der Waals surface area contributed by atoms with Crippen LogP contribution in [0, 0.1) is 5.92 Å². The smallest absolute Gasteiger partial charge is 0.330 e. The number of esters is 1. The quantitative estimate of drug-likeness (QED) is 0.496. The van der Waals surface area contributed by atoms with E-state index in [1.165, 1.54) is 11.6 Å². The molecular weight excluding hydrogens is 292 g/mol. The van der Waals surface area contributed by atoms with E-state index >= 15 is 0 Å². The van der Waals surface area contributed by atoms with E-state index in [0.29, 0.717) is 0 Å². The number of hydrogen-bond donors (Lipinski definition) is 2. The molecule has 4 nitrogen and oxygen atoms in total. The Bertz CT molecular complexity index is 596. The molecule has 0 aromatic heterocycles. The van der Waals surface area contributed by atoms with Crippen LogP contribution in [-0.4, -0.2) is 28.4 Å². The third-order valence-electron chi connectivity index (χ3n) is 4.33. The monoisotopic (exact) mass is 316 g/mol. The van der Waals surface area contributed by atoms with Gasteiger partial charge in [-0.3, -0.25) is 0 Å². The molecule has 4 heteroatoms. The zero-order chi connectivity index (χ0) is 16.9. The van der Waals surface area contributed by atoms with E-state index in [2.05, 4.69) is 13.0 Å². The first-order valence-corrected chi connectivity index (χ1v) is 7.89. The van der Waals surface area contributed by atoms with E-state index in [9.17, 15) is 15.0 Å². The minimum Gasteiger partial charge on any atom is -0.508 e. The van der Waals surface area contributed by atoms with E-state index < -0.39 is 11.6 Å². The second kappa shape index (κ2) is 7.47. The minimum absolute atomic E-state index is 0.0106. The Labute approximate surface area is 137 Å². The van der Waals surface area contributed by atoms with Gasteiger partial charge < -0.3 is 14.9 Å². The highest BCUT2D eigenvalue weighted by molar-refractivity contribution is 5.87. The van der Waals surface area contributed by atoms with Crippen LogP contribution in [0.1, 0.15) is 38.7 Å². The van der Waals surface area contributed by atoms with Crippen LogP contribution in [0.5, 0.6) is 5.75 Å². The molecule has 1 aromatic rings. The van der Waals surface area contributed by atoms with Crippen molar-refractivity contribution < 1.29 is 19.7 Å². The normalized spacial score (nSPS) is 20.8. The highest BCUT2D eigenvalue weighted by Crippen LogP contribution is 2.32. The number of benzene rings is 1. The second-order valence-corrected chi connectivity index (χ2v) is 6.41. The molecule has 0 saturated carbocycles. The molecule has 2 N–H and O–H groups in total. The van der Waals surface area contributed by atoms with Gasteiger partial charge in [0.15, 0.2) is 0 Å². The van der Waals surface area contributed by atoms with Crippen molar-refractivity contribution in [2.75, 3.05) is 6.61 Å². The lowest BCUT2D eigenvalue weighted by Gasteiger charge is -2.34. The Morgan fingerprint density at radius 2 is 2.09 bits per heavy atom. The summed E-state index contributed by atoms with van der Waals surface area (Å²) < 4.78 is 5.19. The van der Waals surface area contributed by atoms with Gasteiger partial charge in [0.05, 0.1) is 5.60 Å². The predicted octanol–water partition coefficient (Wildman–Crippen LogP) is 3.45. The van der Waals surface area contributed by atoms with Gasteiger partial charge in [-0.2, -0.15) is 0 Å². The highest BCUT2D eigenvalue weighted by atomic mass is 16.5. The van der Waals surface area contributed by atoms with E-state index in [1.54, 1.807) is 37.3 Å². The Hall–Kier alpha value is -2.07. The van der Waals surface area contributed by atoms with Crippen LogP contribution in [0.15, 0.2) is 42.0 Å². The average Bonchev–Trinajstić information content (AvgIpc) is 2.53. The van der Waals surface area contributed by atoms with Crippen LogP contribution in [0.2, 0.25) is 0 Å². The summed E-state index contributed by atoms with van der Waals surface area (Å²) in [5.41, 5.74) is 1.13. The van der Waals surface area contributed by atoms with E-state index in [-0.39, 0.29) is 18.3 Å². The lowest BCUT2D eigenvalue weighted by molar-refractivity contribution is -0.148. The fraction of sp³-hybridized carbons (Fsp3) is 0.421. The van der Waals surface area contributed by atoms with Crippen molar-refractivity contribution >= 4 is 12.0 Å². The van der Waals surface area contributed by atoms with Crippen molar-refractivity contribution in [2.24, 2.45) is 5.92 Å². The molecule has 1 aromatic carbocycles. The summed E-state index contributed by atoms with van der Waals surface area (Å²) in [4.78, 5) is 11.8. The molecule has 2 rings (SSSR count). The van der Waals surface area contributed by atoms with Crippen LogP contribution in [0.25, 0.3) is 6.08 Å². The number of phenols is 1. The third kappa shape index (κ3) is 5.25. The number of ether oxygens (including phenoxy) is 1. The van der Waals surface area contributed by atoms with E-state index in [1.807, 2.05) is 0 Å². The number of aliphatic hydroxyl groups is 1. The molecule has 23 heavy (non-hydrogen) atoms. The maximum absolute atomic E-state index is 11.8. The Balaban J connectivity index is 1.84. The molecular formula is C19H24O4. The molecule has 0 spiro atoms. The molecule has 0 aliphatic heterocycles. The topological polar surface area (TPSA) is 66.8 Å². The van der Waals surface area contributed by atoms with Gasteiger partial charge in [-0.15, -0.1) is 0 Å². The standard InChI is InChI=1S/C19H24O4/c1-14-3-8-16(9-4-14)19(2,22)13-23-18(21)12-7-15-5-10-17(20)11-6-15/h3,5-7,10-12,16,20,22H,4,8-9,13H2,1-2H3/b12-7+/t16-,19+/m1/s1. The molecule has 0 bridgehead atoms. The summed E-state index contributed by atoms with van der Waals surface area (Å²) in [7, 11) is 0. The summed E-state index contributed by atoms with van der Waals surface area (Å²) in [6.45, 7) is 3.81. The van der Waals surface area contributed by atoms with Crippen LogP contribution >= 0.6 is 0 Å². The second-order valence-electron chi connectivity index (χ2n) is 6.41. The molecule has 1 aliphatic rings. The number of phenolic OH excluding ortho intramolecular Hbond substituents is 1. The molecule has 0 heterocycles. The van der Waals surface area contributed by atoms with Gasteiger partial charge >= 0.3 is 5.97 Å². The maximum atomic E-state index is 11.8. The number of rotatable bonds is 5. The van der Waals surface area contributed by atoms with Crippen molar-refractivity contribution in [3.63, 3.8) is 0 Å². The van der Waals surface area contributed by atoms with Gasteiger partial charge in [0.2, 0.25) is 0 Å². The fourth-order valence-corrected chi connectivity index (χ4v) is 2.66. The van der Waals surface area contributed by atoms with Crippen LogP contribution < -0.4 is 0 Å². The number of allylic oxidation sites excluding steroid dienone is 2. The summed E-state index contributed by atoms with van der Waals surface area (Å²) in [6.07, 6.45) is 7.80. The van der Waals surface area contributed by atoms with Gasteiger partial charge in [0.25, 0.3) is 0 Å². The van der Waals surface area contributed by atoms with Crippen LogP contribution in [0.3, 0.4) is 0 Å². The van der Waals surface area contributed by atoms with Crippen molar-refractivity contribution in [3.05, 3.63) is 47.6 Å². The van der Waals surface area contributed by atoms with Crippen LogP contribution in [-0.2, 0) is 9.53 Å². The molecule has 0 amide bonds. The minimum atomic E-state index is -1.01. The summed E-state index contributed by atoms with van der Waals surface area (Å²) >= 11 is 0. The van der Waals surface area contributed by atoms with Crippen molar-refractivity contribution in [1.82, 2.24) is 0 Å². The first-order valence-electron chi connectivity index (χ1n) is 7.89. The molecule has 0 saturated heterocycles. The van der Waals surface area contributed by atoms with Gasteiger partial charge in [0.1, 0.15) is 12.4 Å². The zero-order valence-electron chi connectivity index (χ0n) is 13.7. The summed E-state index contributed by atoms with van der Waals surface area (Å²) in [6, 6.07) is 6.50. The average molecular weight is 316 g/mol. The van der Waals surface area contributed by atoms with Gasteiger partial charge in [-0.1, -0.05) is 23.8 Å². The number of hydrogen-bond acceptors (Lipinski definition) is 4. The number of carbonyl (C=O) groups excluding carboxylic acids is 1. The van der Waals surface area contributed by atoms with Gasteiger partial charge in [-0.05, 0) is 62.8 Å². The fourth-order valence-electron chi connectivity index (χ4n) is 2.66. The lowest BCUT2D eigenvalue weighted by Crippen LogP contribution is -2.40. The Kier molecular flexibility index (Phi) is 5.61. The summed E-state index contributed by atoms with van der Waals surface area (Å²) in [5.74, 6) is -0.196. The van der Waals surface area contributed by atoms with E-state index in [4.69, 9.17) is 4.74 Å². The first-order chi connectivity index (χ1) is 10.9. The highest BCUT2D eigenvalue weighted by Gasteiger charge is 2.33. The SMILES string of the molecule is CC1=CC[C@@H]([C@@](C)(O)COC(=O)/C=C/c2ccc(O)cc2)CC1. The molecule has 124 valence electrons. The van der Waals surface area contributed by atoms with E-state index in [0.717, 1.165) is 24.8 Å². The zero-order valence-corrected chi connectivity index (χ0v) is 13.7. The Morgan fingerprint density at radius 3 is 2.70 bits per heavy atom. The van der Waals surface area contributed by atoms with Crippen molar-refractivity contribution in [1.29, 1.82) is 0 Å². The lowest BCUT2D eigenvalue weighted by atomic mass is 9.79. The number of carbonyl (C=O) groups is 1. The van der Waals surface area contributed by atoms with Crippen molar-refractivity contribution in [3.8, 4) is 5.75 Å². The third-order valence-corrected chi connectivity index (χ3v) is 4.33. The molecule has 2 atom stereocenters. The first kappa shape index (κ1) is 17.3. The molecule has 0 fully saturated rings. The van der Waals surface area contributed by atoms with Crippen LogP contribution in [0.4, 0.5) is 0 Å². The summed E-state index contributed by atoms with van der Waals surface area (Å²) in [5, 5.41) is 19.7. The predicted molar refractivity (Wildman–Crippen MR) is 89.8 cm³/mol. The Morgan fingerprint density at radius 1 is 1.39 bits per heavy atom. The number of aromatic hydroxyl groups is 1. The van der Waals surface area contributed by atoms with Gasteiger partial charge in [0, 0.05) is 6.08 Å². The van der Waals surface area contributed by atoms with Crippen molar-refractivity contribution in [2.45, 2.75) is 38.7 Å². The molecule has 1 aliphatic carbocycles.